The van der Waals surface area contributed by atoms with Crippen LogP contribution in [0.1, 0.15) is 27.9 Å². The third-order valence-electron chi connectivity index (χ3n) is 4.86. The number of rotatable bonds is 6. The topological polar surface area (TPSA) is 53.6 Å². The third-order valence-corrected chi connectivity index (χ3v) is 5.11. The highest BCUT2D eigenvalue weighted by atomic mass is 32.1. The van der Waals surface area contributed by atoms with Gasteiger partial charge in [-0.1, -0.05) is 24.3 Å². The molecule has 0 saturated heterocycles. The first kappa shape index (κ1) is 19.2. The molecule has 2 aromatic rings. The fourth-order valence-electron chi connectivity index (χ4n) is 3.38. The smallest absolute Gasteiger partial charge is 0.338 e. The van der Waals surface area contributed by atoms with Gasteiger partial charge in [0.1, 0.15) is 0 Å². The number of benzene rings is 2. The Labute approximate surface area is 165 Å². The monoisotopic (exact) mass is 383 g/mol. The summed E-state index contributed by atoms with van der Waals surface area (Å²) in [4.78, 5) is 14.2. The van der Waals surface area contributed by atoms with E-state index in [4.69, 9.17) is 17.0 Å². The van der Waals surface area contributed by atoms with Crippen molar-refractivity contribution >= 4 is 34.7 Å². The summed E-state index contributed by atoms with van der Waals surface area (Å²) in [6, 6.07) is 14.1. The number of carbonyl (C=O) groups excluding carboxylic acids is 1. The fraction of sp³-hybridized carbons (Fsp3) is 0.333. The van der Waals surface area contributed by atoms with Gasteiger partial charge in [0.05, 0.1) is 12.7 Å². The summed E-state index contributed by atoms with van der Waals surface area (Å²) in [7, 11) is 1.38. The Morgan fingerprint density at radius 1 is 1.22 bits per heavy atom. The lowest BCUT2D eigenvalue weighted by molar-refractivity contribution is 0.0600. The zero-order valence-electron chi connectivity index (χ0n) is 15.7. The van der Waals surface area contributed by atoms with Gasteiger partial charge in [0.25, 0.3) is 0 Å². The zero-order valence-corrected chi connectivity index (χ0v) is 16.6. The second-order valence-electron chi connectivity index (χ2n) is 6.57. The van der Waals surface area contributed by atoms with E-state index in [1.807, 2.05) is 19.1 Å². The number of carbonyl (C=O) groups is 1. The van der Waals surface area contributed by atoms with E-state index in [0.29, 0.717) is 10.7 Å². The third kappa shape index (κ3) is 4.57. The van der Waals surface area contributed by atoms with Crippen LogP contribution < -0.4 is 15.5 Å². The molecular formula is C21H25N3O2S. The van der Waals surface area contributed by atoms with Gasteiger partial charge in [-0.25, -0.2) is 4.79 Å². The van der Waals surface area contributed by atoms with Crippen molar-refractivity contribution < 1.29 is 9.53 Å². The number of esters is 1. The minimum absolute atomic E-state index is 0.346. The Balaban J connectivity index is 1.46. The molecule has 1 aliphatic heterocycles. The molecule has 1 aliphatic rings. The minimum atomic E-state index is -0.346. The van der Waals surface area contributed by atoms with E-state index in [1.165, 1.54) is 18.4 Å². The fourth-order valence-corrected chi connectivity index (χ4v) is 3.59. The summed E-state index contributed by atoms with van der Waals surface area (Å²) >= 11 is 5.39. The molecule has 3 rings (SSSR count). The highest BCUT2D eigenvalue weighted by molar-refractivity contribution is 7.80. The summed E-state index contributed by atoms with van der Waals surface area (Å²) in [6.07, 6.45) is 2.12. The highest BCUT2D eigenvalue weighted by Crippen LogP contribution is 2.27. The molecule has 2 aromatic carbocycles. The van der Waals surface area contributed by atoms with Crippen molar-refractivity contribution in [2.75, 3.05) is 37.0 Å². The normalized spacial score (nSPS) is 12.4. The molecule has 0 aliphatic carbocycles. The predicted octanol–water partition coefficient (Wildman–Crippen LogP) is 3.52. The summed E-state index contributed by atoms with van der Waals surface area (Å²) in [5.74, 6) is -0.346. The van der Waals surface area contributed by atoms with Crippen LogP contribution in [0.25, 0.3) is 0 Å². The number of ether oxygens (including phenoxy) is 1. The van der Waals surface area contributed by atoms with Gasteiger partial charge >= 0.3 is 5.97 Å². The number of hydrogen-bond donors (Lipinski definition) is 2. The molecule has 0 atom stereocenters. The number of anilines is 2. The average Bonchev–Trinajstić information content (AvgIpc) is 3.09. The summed E-state index contributed by atoms with van der Waals surface area (Å²) in [5, 5.41) is 6.98. The lowest BCUT2D eigenvalue weighted by Crippen LogP contribution is -2.32. The first-order valence-corrected chi connectivity index (χ1v) is 9.56. The summed E-state index contributed by atoms with van der Waals surface area (Å²) in [5.41, 5.74) is 4.96. The van der Waals surface area contributed by atoms with Crippen LogP contribution in [0.4, 0.5) is 11.4 Å². The van der Waals surface area contributed by atoms with Gasteiger partial charge in [0.15, 0.2) is 5.11 Å². The van der Waals surface area contributed by atoms with Crippen LogP contribution >= 0.6 is 12.2 Å². The van der Waals surface area contributed by atoms with Crippen molar-refractivity contribution in [3.8, 4) is 0 Å². The van der Waals surface area contributed by atoms with Crippen LogP contribution in [0.3, 0.4) is 0 Å². The first-order chi connectivity index (χ1) is 13.1. The van der Waals surface area contributed by atoms with E-state index < -0.39 is 0 Å². The van der Waals surface area contributed by atoms with Crippen molar-refractivity contribution in [2.24, 2.45) is 0 Å². The largest absolute Gasteiger partial charge is 0.465 e. The Kier molecular flexibility index (Phi) is 6.29. The van der Waals surface area contributed by atoms with E-state index in [1.54, 1.807) is 6.07 Å². The van der Waals surface area contributed by atoms with Crippen LogP contribution in [-0.2, 0) is 11.2 Å². The molecule has 0 fully saturated rings. The Morgan fingerprint density at radius 3 is 2.85 bits per heavy atom. The lowest BCUT2D eigenvalue weighted by atomic mass is 10.1. The number of nitrogens with one attached hydrogen (secondary N) is 2. The van der Waals surface area contributed by atoms with Crippen LogP contribution in [0.15, 0.2) is 42.5 Å². The Hall–Kier alpha value is -2.60. The van der Waals surface area contributed by atoms with E-state index in [-0.39, 0.29) is 5.97 Å². The highest BCUT2D eigenvalue weighted by Gasteiger charge is 2.17. The lowest BCUT2D eigenvalue weighted by Gasteiger charge is -2.20. The van der Waals surface area contributed by atoms with Crippen LogP contribution in [0, 0.1) is 6.92 Å². The number of hydrogen-bond acceptors (Lipinski definition) is 4. The van der Waals surface area contributed by atoms with Gasteiger partial charge in [-0.2, -0.15) is 0 Å². The van der Waals surface area contributed by atoms with Gasteiger partial charge in [0, 0.05) is 31.0 Å². The molecule has 27 heavy (non-hydrogen) atoms. The van der Waals surface area contributed by atoms with Crippen molar-refractivity contribution in [1.82, 2.24) is 5.32 Å². The Morgan fingerprint density at radius 2 is 2.04 bits per heavy atom. The molecular weight excluding hydrogens is 358 g/mol. The number of nitrogens with zero attached hydrogens (tertiary/aromatic N) is 1. The van der Waals surface area contributed by atoms with Gasteiger partial charge < -0.3 is 20.3 Å². The quantitative estimate of drug-likeness (QED) is 0.452. The summed E-state index contributed by atoms with van der Waals surface area (Å²) < 4.78 is 4.81. The zero-order chi connectivity index (χ0) is 19.2. The SMILES string of the molecule is COC(=O)c1cccc(NC(=S)NCCCN2CCc3ccccc32)c1C. The molecule has 0 bridgehead atoms. The standard InChI is InChI=1S/C21H25N3O2S/c1-15-17(20(25)26-2)8-5-9-18(15)23-21(27)22-12-6-13-24-14-11-16-7-3-4-10-19(16)24/h3-5,7-10H,6,11-14H2,1-2H3,(H2,22,23,27). The van der Waals surface area contributed by atoms with Crippen molar-refractivity contribution in [2.45, 2.75) is 19.8 Å². The molecule has 2 N–H and O–H groups in total. The number of para-hydroxylation sites is 1. The second kappa shape index (κ2) is 8.86. The molecule has 0 saturated carbocycles. The molecule has 6 heteroatoms. The molecule has 0 unspecified atom stereocenters. The molecule has 5 nitrogen and oxygen atoms in total. The van der Waals surface area contributed by atoms with E-state index in [0.717, 1.165) is 43.7 Å². The molecule has 0 spiro atoms. The predicted molar refractivity (Wildman–Crippen MR) is 114 cm³/mol. The molecule has 0 radical (unpaired) electrons. The van der Waals surface area contributed by atoms with E-state index in [9.17, 15) is 4.79 Å². The van der Waals surface area contributed by atoms with E-state index in [2.05, 4.69) is 39.8 Å². The van der Waals surface area contributed by atoms with E-state index >= 15 is 0 Å². The molecule has 0 aromatic heterocycles. The van der Waals surface area contributed by atoms with Gasteiger partial charge in [-0.05, 0) is 61.3 Å². The molecule has 0 amide bonds. The Bertz CT molecular complexity index is 838. The van der Waals surface area contributed by atoms with Crippen LogP contribution in [0.5, 0.6) is 0 Å². The van der Waals surface area contributed by atoms with Gasteiger partial charge in [0.2, 0.25) is 0 Å². The number of methoxy groups -OCH3 is 1. The maximum Gasteiger partial charge on any atom is 0.338 e. The van der Waals surface area contributed by atoms with Crippen LogP contribution in [0.2, 0.25) is 0 Å². The number of fused-ring (bicyclic) bond motifs is 1. The molecule has 142 valence electrons. The molecule has 1 heterocycles. The number of thiocarbonyl (C=S) groups is 1. The maximum atomic E-state index is 11.8. The van der Waals surface area contributed by atoms with Crippen LogP contribution in [-0.4, -0.2) is 37.8 Å². The first-order valence-electron chi connectivity index (χ1n) is 9.16. The second-order valence-corrected chi connectivity index (χ2v) is 6.98. The van der Waals surface area contributed by atoms with Gasteiger partial charge in [-0.15, -0.1) is 0 Å². The van der Waals surface area contributed by atoms with Gasteiger partial charge in [-0.3, -0.25) is 0 Å². The minimum Gasteiger partial charge on any atom is -0.465 e. The van der Waals surface area contributed by atoms with Crippen molar-refractivity contribution in [1.29, 1.82) is 0 Å². The average molecular weight is 384 g/mol. The summed E-state index contributed by atoms with van der Waals surface area (Å²) in [6.45, 7) is 4.76. The van der Waals surface area contributed by atoms with Crippen molar-refractivity contribution in [3.05, 3.63) is 59.2 Å². The maximum absolute atomic E-state index is 11.8. The van der Waals surface area contributed by atoms with Crippen molar-refractivity contribution in [3.63, 3.8) is 0 Å².